The maximum absolute atomic E-state index is 10.5. The number of aliphatic hydroxyl groups excluding tert-OH is 1. The monoisotopic (exact) mass is 524 g/mol. The molecule has 0 radical (unpaired) electrons. The average molecular weight is 525 g/mol. The van der Waals surface area contributed by atoms with Crippen molar-refractivity contribution in [1.82, 2.24) is 0 Å². The molecule has 5 aliphatic rings. The molecule has 214 valence electrons. The first-order chi connectivity index (χ1) is 17.2. The van der Waals surface area contributed by atoms with Crippen LogP contribution in [-0.4, -0.2) is 81.4 Å². The fourth-order valence-electron chi connectivity index (χ4n) is 7.83. The highest BCUT2D eigenvalue weighted by Crippen LogP contribution is 2.51. The summed E-state index contributed by atoms with van der Waals surface area (Å²) in [5, 5.41) is 20.0. The van der Waals surface area contributed by atoms with Crippen molar-refractivity contribution in [3.8, 4) is 0 Å². The Morgan fingerprint density at radius 1 is 0.676 bits per heavy atom. The van der Waals surface area contributed by atoms with Crippen molar-refractivity contribution in [2.24, 2.45) is 5.92 Å². The lowest BCUT2D eigenvalue weighted by Crippen LogP contribution is -2.48. The summed E-state index contributed by atoms with van der Waals surface area (Å²) in [6.07, 6.45) is 9.66. The maximum Gasteiger partial charge on any atom is 0.0921 e. The Morgan fingerprint density at radius 3 is 1.62 bits per heavy atom. The normalized spacial score (nSPS) is 51.8. The van der Waals surface area contributed by atoms with Crippen LogP contribution in [0.15, 0.2) is 0 Å². The van der Waals surface area contributed by atoms with Crippen LogP contribution in [0.25, 0.3) is 0 Å². The fraction of sp³-hybridized carbons (Fsp3) is 1.00. The average Bonchev–Trinajstić information content (AvgIpc) is 3.63. The molecule has 5 saturated heterocycles. The number of hydrogen-bond donors (Lipinski definition) is 2. The van der Waals surface area contributed by atoms with Gasteiger partial charge in [-0.05, 0) is 106 Å². The number of hydrogen-bond acceptors (Lipinski definition) is 7. The second kappa shape index (κ2) is 9.67. The van der Waals surface area contributed by atoms with E-state index in [1.54, 1.807) is 0 Å². The molecule has 5 heterocycles. The molecule has 0 aliphatic carbocycles. The van der Waals surface area contributed by atoms with Crippen LogP contribution in [-0.2, 0) is 23.7 Å². The zero-order valence-electron chi connectivity index (χ0n) is 24.3. The van der Waals surface area contributed by atoms with Crippen molar-refractivity contribution in [3.63, 3.8) is 0 Å². The quantitative estimate of drug-likeness (QED) is 0.500. The Balaban J connectivity index is 1.18. The molecule has 1 unspecified atom stereocenters. The van der Waals surface area contributed by atoms with Crippen molar-refractivity contribution >= 4 is 0 Å². The Labute approximate surface area is 223 Å². The van der Waals surface area contributed by atoms with Crippen LogP contribution in [0.3, 0.4) is 0 Å². The van der Waals surface area contributed by atoms with E-state index in [1.165, 1.54) is 0 Å². The number of ether oxygens (including phenoxy) is 5. The Bertz CT molecular complexity index is 829. The van der Waals surface area contributed by atoms with E-state index in [0.717, 1.165) is 64.2 Å². The lowest BCUT2D eigenvalue weighted by molar-refractivity contribution is -0.211. The van der Waals surface area contributed by atoms with Crippen LogP contribution in [0.1, 0.15) is 113 Å². The highest BCUT2D eigenvalue weighted by atomic mass is 16.6. The molecule has 11 atom stereocenters. The molecule has 0 aromatic heterocycles. The van der Waals surface area contributed by atoms with Crippen LogP contribution < -0.4 is 0 Å². The molecule has 7 heteroatoms. The van der Waals surface area contributed by atoms with Crippen LogP contribution >= 0.6 is 0 Å². The summed E-state index contributed by atoms with van der Waals surface area (Å²) in [5.41, 5.74) is -2.15. The third-order valence-electron chi connectivity index (χ3n) is 10.7. The first-order valence-electron chi connectivity index (χ1n) is 14.9. The van der Waals surface area contributed by atoms with Crippen LogP contribution in [0.2, 0.25) is 0 Å². The van der Waals surface area contributed by atoms with Gasteiger partial charge in [0.05, 0.1) is 64.6 Å². The molecular formula is C30H52O7. The SMILES string of the molecule is CC(CO)[C@H]1CC[C@](C)([C@@H]2CC[C@](C)([C@@H]3CC[C@H]([C@]4(C)CC[C@H]([C@]5(C)CC[C@@H](C(C)(C)O)O5)O4)O3)O2)O1. The highest BCUT2D eigenvalue weighted by molar-refractivity contribution is 5.07. The lowest BCUT2D eigenvalue weighted by Gasteiger charge is -2.39. The van der Waals surface area contributed by atoms with Gasteiger partial charge in [0.25, 0.3) is 0 Å². The Morgan fingerprint density at radius 2 is 1.14 bits per heavy atom. The van der Waals surface area contributed by atoms with Gasteiger partial charge in [-0.1, -0.05) is 6.92 Å². The molecular weight excluding hydrogens is 472 g/mol. The predicted molar refractivity (Wildman–Crippen MR) is 140 cm³/mol. The molecule has 5 fully saturated rings. The van der Waals surface area contributed by atoms with Gasteiger partial charge >= 0.3 is 0 Å². The molecule has 2 N–H and O–H groups in total. The first-order valence-corrected chi connectivity index (χ1v) is 14.9. The summed E-state index contributed by atoms with van der Waals surface area (Å²) >= 11 is 0. The van der Waals surface area contributed by atoms with Crippen molar-refractivity contribution in [2.45, 2.75) is 177 Å². The van der Waals surface area contributed by atoms with E-state index in [2.05, 4.69) is 34.6 Å². The van der Waals surface area contributed by atoms with Crippen LogP contribution in [0.4, 0.5) is 0 Å². The topological polar surface area (TPSA) is 86.6 Å². The second-order valence-electron chi connectivity index (χ2n) is 14.4. The molecule has 0 aromatic carbocycles. The van der Waals surface area contributed by atoms with Gasteiger partial charge in [-0.15, -0.1) is 0 Å². The first kappa shape index (κ1) is 28.3. The van der Waals surface area contributed by atoms with Crippen LogP contribution in [0, 0.1) is 5.92 Å². The van der Waals surface area contributed by atoms with Crippen molar-refractivity contribution < 1.29 is 33.9 Å². The standard InChI is InChI=1S/C30H52O7/c1-19(18-31)20-10-14-29(6,34-20)24-12-16-27(4,36-24)22-8-9-23(33-22)28(5)17-13-25(37-28)30(7)15-11-21(35-30)26(2,3)32/h19-25,31-32H,8-18H2,1-7H3/t19?,20-,21+,22+,23-,24+,25-,27-,28+,29-,30+/m1/s1. The van der Waals surface area contributed by atoms with Gasteiger partial charge in [0.1, 0.15) is 0 Å². The molecule has 5 rings (SSSR count). The van der Waals surface area contributed by atoms with Gasteiger partial charge in [-0.25, -0.2) is 0 Å². The second-order valence-corrected chi connectivity index (χ2v) is 14.4. The fourth-order valence-corrected chi connectivity index (χ4v) is 7.83. The van der Waals surface area contributed by atoms with E-state index < -0.39 is 5.60 Å². The van der Waals surface area contributed by atoms with E-state index in [0.29, 0.717) is 0 Å². The molecule has 37 heavy (non-hydrogen) atoms. The van der Waals surface area contributed by atoms with Gasteiger partial charge in [0.15, 0.2) is 0 Å². The highest BCUT2D eigenvalue weighted by Gasteiger charge is 2.58. The van der Waals surface area contributed by atoms with E-state index in [-0.39, 0.29) is 71.6 Å². The van der Waals surface area contributed by atoms with Gasteiger partial charge in [0, 0.05) is 12.5 Å². The van der Waals surface area contributed by atoms with E-state index in [4.69, 9.17) is 23.7 Å². The zero-order chi connectivity index (χ0) is 26.9. The van der Waals surface area contributed by atoms with E-state index >= 15 is 0 Å². The summed E-state index contributed by atoms with van der Waals surface area (Å²) in [5.74, 6) is 0.155. The van der Waals surface area contributed by atoms with Crippen LogP contribution in [0.5, 0.6) is 0 Å². The number of rotatable bonds is 7. The van der Waals surface area contributed by atoms with Crippen molar-refractivity contribution in [3.05, 3.63) is 0 Å². The number of aliphatic hydroxyl groups is 2. The minimum absolute atomic E-state index is 0.0175. The summed E-state index contributed by atoms with van der Waals surface area (Å²) < 4.78 is 33.2. The zero-order valence-corrected chi connectivity index (χ0v) is 24.3. The van der Waals surface area contributed by atoms with Gasteiger partial charge in [-0.3, -0.25) is 0 Å². The minimum atomic E-state index is -0.839. The van der Waals surface area contributed by atoms with Gasteiger partial charge < -0.3 is 33.9 Å². The summed E-state index contributed by atoms with van der Waals surface area (Å²) in [6, 6.07) is 0. The molecule has 0 aromatic rings. The summed E-state index contributed by atoms with van der Waals surface area (Å²) in [4.78, 5) is 0. The van der Waals surface area contributed by atoms with E-state index in [1.807, 2.05) is 13.8 Å². The van der Waals surface area contributed by atoms with Gasteiger partial charge in [0.2, 0.25) is 0 Å². The van der Waals surface area contributed by atoms with Crippen molar-refractivity contribution in [2.75, 3.05) is 6.61 Å². The molecule has 7 nitrogen and oxygen atoms in total. The summed E-state index contributed by atoms with van der Waals surface area (Å²) in [7, 11) is 0. The molecule has 0 saturated carbocycles. The van der Waals surface area contributed by atoms with Gasteiger partial charge in [-0.2, -0.15) is 0 Å². The largest absolute Gasteiger partial charge is 0.396 e. The molecule has 0 spiro atoms. The maximum atomic E-state index is 10.5. The Kier molecular flexibility index (Phi) is 7.39. The molecule has 0 bridgehead atoms. The van der Waals surface area contributed by atoms with Crippen molar-refractivity contribution in [1.29, 1.82) is 0 Å². The lowest BCUT2D eigenvalue weighted by atomic mass is 9.89. The van der Waals surface area contributed by atoms with E-state index in [9.17, 15) is 10.2 Å². The molecule has 5 aliphatic heterocycles. The predicted octanol–water partition coefficient (Wildman–Crippen LogP) is 4.68. The molecule has 0 amide bonds. The third-order valence-corrected chi connectivity index (χ3v) is 10.7. The summed E-state index contributed by atoms with van der Waals surface area (Å²) in [6.45, 7) is 14.7. The minimum Gasteiger partial charge on any atom is -0.396 e. The smallest absolute Gasteiger partial charge is 0.0921 e. The third kappa shape index (κ3) is 5.16. The Hall–Kier alpha value is -0.280.